The van der Waals surface area contributed by atoms with Crippen LogP contribution in [0.5, 0.6) is 0 Å². The van der Waals surface area contributed by atoms with Crippen LogP contribution in [0, 0.1) is 11.8 Å². The van der Waals surface area contributed by atoms with E-state index in [0.717, 1.165) is 4.90 Å². The van der Waals surface area contributed by atoms with Crippen LogP contribution < -0.4 is 0 Å². The fourth-order valence-electron chi connectivity index (χ4n) is 1.69. The van der Waals surface area contributed by atoms with Crippen LogP contribution in [-0.2, 0) is 0 Å². The first-order valence-electron chi connectivity index (χ1n) is 6.07. The lowest BCUT2D eigenvalue weighted by Gasteiger charge is -2.29. The standard InChI is InChI=1S/C14H22O2S/c1-10(2)14(13(16)11(3)9-15)17-12-7-5-4-6-8-12/h4-8,10-11,13-16H,9H2,1-3H3/t11-,13-,14-/m0/s1. The molecule has 0 spiro atoms. The van der Waals surface area contributed by atoms with Crippen LogP contribution in [0.15, 0.2) is 35.2 Å². The van der Waals surface area contributed by atoms with Crippen molar-refractivity contribution in [3.8, 4) is 0 Å². The van der Waals surface area contributed by atoms with E-state index < -0.39 is 6.10 Å². The summed E-state index contributed by atoms with van der Waals surface area (Å²) in [6.45, 7) is 6.12. The maximum absolute atomic E-state index is 10.2. The Kier molecular flexibility index (Phi) is 6.03. The predicted molar refractivity (Wildman–Crippen MR) is 73.2 cm³/mol. The maximum atomic E-state index is 10.2. The third-order valence-electron chi connectivity index (χ3n) is 2.88. The molecule has 17 heavy (non-hydrogen) atoms. The van der Waals surface area contributed by atoms with Gasteiger partial charge in [0.15, 0.2) is 0 Å². The van der Waals surface area contributed by atoms with E-state index >= 15 is 0 Å². The second kappa shape index (κ2) is 7.04. The van der Waals surface area contributed by atoms with Crippen LogP contribution in [0.4, 0.5) is 0 Å². The van der Waals surface area contributed by atoms with Gasteiger partial charge in [-0.1, -0.05) is 39.0 Å². The van der Waals surface area contributed by atoms with Crippen LogP contribution in [0.3, 0.4) is 0 Å². The minimum Gasteiger partial charge on any atom is -0.396 e. The summed E-state index contributed by atoms with van der Waals surface area (Å²) in [6, 6.07) is 10.1. The van der Waals surface area contributed by atoms with Crippen molar-refractivity contribution in [1.82, 2.24) is 0 Å². The second-order valence-corrected chi connectivity index (χ2v) is 6.04. The van der Waals surface area contributed by atoms with Gasteiger partial charge < -0.3 is 10.2 Å². The summed E-state index contributed by atoms with van der Waals surface area (Å²) < 4.78 is 0. The first kappa shape index (κ1) is 14.6. The van der Waals surface area contributed by atoms with Crippen molar-refractivity contribution in [3.05, 3.63) is 30.3 Å². The highest BCUT2D eigenvalue weighted by atomic mass is 32.2. The molecule has 0 fully saturated rings. The normalized spacial score (nSPS) is 16.8. The number of aliphatic hydroxyl groups is 2. The molecule has 3 atom stereocenters. The first-order valence-corrected chi connectivity index (χ1v) is 6.94. The fourth-order valence-corrected chi connectivity index (χ4v) is 3.00. The Balaban J connectivity index is 2.73. The highest BCUT2D eigenvalue weighted by molar-refractivity contribution is 8.00. The van der Waals surface area contributed by atoms with Gasteiger partial charge in [0.1, 0.15) is 0 Å². The molecule has 0 aromatic heterocycles. The molecule has 0 aliphatic rings. The summed E-state index contributed by atoms with van der Waals surface area (Å²) in [5, 5.41) is 19.5. The van der Waals surface area contributed by atoms with E-state index in [-0.39, 0.29) is 17.8 Å². The van der Waals surface area contributed by atoms with Crippen molar-refractivity contribution in [2.45, 2.75) is 37.0 Å². The van der Waals surface area contributed by atoms with Gasteiger partial charge in [-0.25, -0.2) is 0 Å². The fraction of sp³-hybridized carbons (Fsp3) is 0.571. The summed E-state index contributed by atoms with van der Waals surface area (Å²) in [5.74, 6) is 0.280. The maximum Gasteiger partial charge on any atom is 0.0712 e. The van der Waals surface area contributed by atoms with Crippen LogP contribution in [-0.4, -0.2) is 28.2 Å². The Morgan fingerprint density at radius 1 is 1.12 bits per heavy atom. The van der Waals surface area contributed by atoms with Gasteiger partial charge in [-0.2, -0.15) is 0 Å². The van der Waals surface area contributed by atoms with Gasteiger partial charge in [-0.05, 0) is 18.1 Å². The zero-order chi connectivity index (χ0) is 12.8. The molecule has 0 radical (unpaired) electrons. The van der Waals surface area contributed by atoms with E-state index in [1.54, 1.807) is 11.8 Å². The van der Waals surface area contributed by atoms with E-state index in [4.69, 9.17) is 5.11 Å². The number of rotatable bonds is 6. The van der Waals surface area contributed by atoms with Gasteiger partial charge in [0.2, 0.25) is 0 Å². The Labute approximate surface area is 108 Å². The van der Waals surface area contributed by atoms with Gasteiger partial charge in [-0.15, -0.1) is 11.8 Å². The molecular formula is C14H22O2S. The lowest BCUT2D eigenvalue weighted by molar-refractivity contribution is 0.0664. The molecule has 0 amide bonds. The van der Waals surface area contributed by atoms with Crippen molar-refractivity contribution < 1.29 is 10.2 Å². The molecule has 2 N–H and O–H groups in total. The number of thioether (sulfide) groups is 1. The highest BCUT2D eigenvalue weighted by Gasteiger charge is 2.27. The van der Waals surface area contributed by atoms with Crippen molar-refractivity contribution in [3.63, 3.8) is 0 Å². The van der Waals surface area contributed by atoms with E-state index in [2.05, 4.69) is 26.0 Å². The summed E-state index contributed by atoms with van der Waals surface area (Å²) >= 11 is 1.69. The van der Waals surface area contributed by atoms with Crippen molar-refractivity contribution >= 4 is 11.8 Å². The van der Waals surface area contributed by atoms with Crippen LogP contribution in [0.2, 0.25) is 0 Å². The van der Waals surface area contributed by atoms with Gasteiger partial charge in [0.25, 0.3) is 0 Å². The molecule has 0 heterocycles. The number of benzene rings is 1. The molecular weight excluding hydrogens is 232 g/mol. The molecule has 2 nitrogen and oxygen atoms in total. The average Bonchev–Trinajstić information content (AvgIpc) is 2.35. The number of hydrogen-bond donors (Lipinski definition) is 2. The Morgan fingerprint density at radius 2 is 1.71 bits per heavy atom. The molecule has 0 aliphatic carbocycles. The zero-order valence-electron chi connectivity index (χ0n) is 10.7. The van der Waals surface area contributed by atoms with Gasteiger partial charge in [0.05, 0.1) is 6.10 Å². The quantitative estimate of drug-likeness (QED) is 0.767. The molecule has 0 saturated heterocycles. The molecule has 0 bridgehead atoms. The minimum absolute atomic E-state index is 0.0275. The smallest absolute Gasteiger partial charge is 0.0712 e. The molecule has 0 unspecified atom stereocenters. The summed E-state index contributed by atoms with van der Waals surface area (Å²) in [7, 11) is 0. The second-order valence-electron chi connectivity index (χ2n) is 4.79. The summed E-state index contributed by atoms with van der Waals surface area (Å²) in [4.78, 5) is 1.16. The van der Waals surface area contributed by atoms with Gasteiger partial charge in [-0.3, -0.25) is 0 Å². The van der Waals surface area contributed by atoms with E-state index in [9.17, 15) is 5.11 Å². The van der Waals surface area contributed by atoms with Gasteiger partial charge >= 0.3 is 0 Å². The average molecular weight is 254 g/mol. The van der Waals surface area contributed by atoms with Crippen molar-refractivity contribution in [1.29, 1.82) is 0 Å². The molecule has 0 saturated carbocycles. The van der Waals surface area contributed by atoms with Crippen molar-refractivity contribution in [2.24, 2.45) is 11.8 Å². The predicted octanol–water partition coefficient (Wildman–Crippen LogP) is 2.79. The topological polar surface area (TPSA) is 40.5 Å². The Bertz CT molecular complexity index is 313. The highest BCUT2D eigenvalue weighted by Crippen LogP contribution is 2.32. The molecule has 0 aliphatic heterocycles. The number of aliphatic hydroxyl groups excluding tert-OH is 2. The molecule has 96 valence electrons. The van der Waals surface area contributed by atoms with Crippen molar-refractivity contribution in [2.75, 3.05) is 6.61 Å². The van der Waals surface area contributed by atoms with Crippen LogP contribution in [0.1, 0.15) is 20.8 Å². The zero-order valence-corrected chi connectivity index (χ0v) is 11.5. The first-order chi connectivity index (χ1) is 8.06. The third-order valence-corrected chi connectivity index (χ3v) is 4.52. The molecule has 3 heteroatoms. The van der Waals surface area contributed by atoms with Crippen LogP contribution in [0.25, 0.3) is 0 Å². The SMILES string of the molecule is CC(C)[C@H](Sc1ccccc1)[C@@H](O)[C@@H](C)CO. The molecule has 1 aromatic carbocycles. The number of hydrogen-bond acceptors (Lipinski definition) is 3. The Hall–Kier alpha value is -0.510. The lowest BCUT2D eigenvalue weighted by atomic mass is 9.96. The van der Waals surface area contributed by atoms with Gasteiger partial charge in [0, 0.05) is 22.7 Å². The third kappa shape index (κ3) is 4.34. The Morgan fingerprint density at radius 3 is 2.18 bits per heavy atom. The van der Waals surface area contributed by atoms with E-state index in [1.807, 2.05) is 25.1 Å². The largest absolute Gasteiger partial charge is 0.396 e. The molecule has 1 aromatic rings. The molecule has 1 rings (SSSR count). The van der Waals surface area contributed by atoms with Crippen LogP contribution >= 0.6 is 11.8 Å². The summed E-state index contributed by atoms with van der Waals surface area (Å²) in [6.07, 6.45) is -0.481. The van der Waals surface area contributed by atoms with E-state index in [1.165, 1.54) is 0 Å². The monoisotopic (exact) mass is 254 g/mol. The van der Waals surface area contributed by atoms with E-state index in [0.29, 0.717) is 5.92 Å². The lowest BCUT2D eigenvalue weighted by Crippen LogP contribution is -2.35. The summed E-state index contributed by atoms with van der Waals surface area (Å²) in [5.41, 5.74) is 0. The minimum atomic E-state index is -0.481.